The average molecular weight is 447 g/mol. The molecule has 0 radical (unpaired) electrons. The number of piperazine rings is 1. The maximum absolute atomic E-state index is 12.9. The number of aromatic nitrogens is 2. The molecule has 2 bridgehead atoms. The van der Waals surface area contributed by atoms with Crippen LogP contribution in [0, 0.1) is 6.92 Å². The second-order valence-electron chi connectivity index (χ2n) is 8.66. The third kappa shape index (κ3) is 4.19. The lowest BCUT2D eigenvalue weighted by atomic mass is 10.1. The molecule has 2 fully saturated rings. The highest BCUT2D eigenvalue weighted by molar-refractivity contribution is 5.93. The summed E-state index contributed by atoms with van der Waals surface area (Å²) in [5.41, 5.74) is 1.86. The standard InChI is InChI=1S/C24H26N6O3/c1-16-7-10-29-21(11-16)25-13-20(23(29)32)22(31)26-12-19-15-30(18-8-9-28(19)14-18)24(33)27-17-5-3-2-4-6-17/h2-7,10-11,13,18-19H,8-9,12,14-15H2,1H3,(H,26,31)(H,27,33)/t18-,19+/m0/s1. The highest BCUT2D eigenvalue weighted by Gasteiger charge is 2.40. The van der Waals surface area contributed by atoms with Crippen LogP contribution in [0.15, 0.2) is 59.7 Å². The summed E-state index contributed by atoms with van der Waals surface area (Å²) in [4.78, 5) is 46.9. The van der Waals surface area contributed by atoms with Gasteiger partial charge in [-0.25, -0.2) is 9.78 Å². The SMILES string of the molecule is Cc1ccn2c(=O)c(C(=O)NC[C@@H]3CN(C(=O)Nc4ccccc4)[C@H]4CCN3C4)cnc2c1. The molecule has 170 valence electrons. The lowest BCUT2D eigenvalue weighted by molar-refractivity contribution is 0.0881. The van der Waals surface area contributed by atoms with E-state index >= 15 is 0 Å². The van der Waals surface area contributed by atoms with E-state index < -0.39 is 11.5 Å². The van der Waals surface area contributed by atoms with Crippen molar-refractivity contribution in [1.82, 2.24) is 24.5 Å². The van der Waals surface area contributed by atoms with Crippen LogP contribution in [-0.2, 0) is 0 Å². The van der Waals surface area contributed by atoms with Crippen molar-refractivity contribution in [3.8, 4) is 0 Å². The molecule has 9 heteroatoms. The van der Waals surface area contributed by atoms with Crippen LogP contribution in [0.4, 0.5) is 10.5 Å². The van der Waals surface area contributed by atoms with Gasteiger partial charge >= 0.3 is 6.03 Å². The van der Waals surface area contributed by atoms with Gasteiger partial charge in [0, 0.05) is 56.3 Å². The molecule has 0 saturated carbocycles. The highest BCUT2D eigenvalue weighted by Crippen LogP contribution is 2.25. The smallest absolute Gasteiger partial charge is 0.322 e. The molecular weight excluding hydrogens is 420 g/mol. The molecule has 2 N–H and O–H groups in total. The van der Waals surface area contributed by atoms with Crippen LogP contribution in [0.2, 0.25) is 0 Å². The average Bonchev–Trinajstić information content (AvgIpc) is 3.22. The predicted octanol–water partition coefficient (Wildman–Crippen LogP) is 1.72. The summed E-state index contributed by atoms with van der Waals surface area (Å²) < 4.78 is 1.38. The molecule has 33 heavy (non-hydrogen) atoms. The van der Waals surface area contributed by atoms with E-state index in [0.29, 0.717) is 18.7 Å². The van der Waals surface area contributed by atoms with E-state index in [1.54, 1.807) is 18.3 Å². The van der Waals surface area contributed by atoms with Crippen molar-refractivity contribution in [1.29, 1.82) is 0 Å². The fraction of sp³-hybridized carbons (Fsp3) is 0.333. The Kier molecular flexibility index (Phi) is 5.55. The second kappa shape index (κ2) is 8.67. The van der Waals surface area contributed by atoms with Crippen LogP contribution < -0.4 is 16.2 Å². The van der Waals surface area contributed by atoms with E-state index in [1.807, 2.05) is 42.2 Å². The molecule has 3 atom stereocenters. The van der Waals surface area contributed by atoms with Gasteiger partial charge in [0.25, 0.3) is 11.5 Å². The lowest BCUT2D eigenvalue weighted by Crippen LogP contribution is -2.58. The van der Waals surface area contributed by atoms with Crippen molar-refractivity contribution >= 4 is 23.3 Å². The fourth-order valence-electron chi connectivity index (χ4n) is 4.64. The van der Waals surface area contributed by atoms with Gasteiger partial charge in [-0.15, -0.1) is 0 Å². The number of nitrogens with zero attached hydrogens (tertiary/aromatic N) is 4. The van der Waals surface area contributed by atoms with Crippen molar-refractivity contribution in [2.24, 2.45) is 0 Å². The van der Waals surface area contributed by atoms with Gasteiger partial charge in [0.2, 0.25) is 0 Å². The molecule has 4 heterocycles. The first-order valence-electron chi connectivity index (χ1n) is 11.1. The second-order valence-corrected chi connectivity index (χ2v) is 8.66. The number of carbonyl (C=O) groups excluding carboxylic acids is 2. The van der Waals surface area contributed by atoms with Gasteiger partial charge in [0.15, 0.2) is 0 Å². The summed E-state index contributed by atoms with van der Waals surface area (Å²) in [5, 5.41) is 5.85. The van der Waals surface area contributed by atoms with Crippen LogP contribution in [0.5, 0.6) is 0 Å². The molecule has 2 saturated heterocycles. The van der Waals surface area contributed by atoms with E-state index in [4.69, 9.17) is 0 Å². The van der Waals surface area contributed by atoms with Crippen LogP contribution in [-0.4, -0.2) is 69.4 Å². The number of pyridine rings is 1. The van der Waals surface area contributed by atoms with Crippen molar-refractivity contribution in [2.45, 2.75) is 25.4 Å². The number of hydrogen-bond donors (Lipinski definition) is 2. The number of carbonyl (C=O) groups is 2. The minimum atomic E-state index is -0.455. The summed E-state index contributed by atoms with van der Waals surface area (Å²) in [5.74, 6) is -0.455. The van der Waals surface area contributed by atoms with Gasteiger partial charge in [-0.1, -0.05) is 18.2 Å². The summed E-state index contributed by atoms with van der Waals surface area (Å²) in [6.07, 6.45) is 3.87. The van der Waals surface area contributed by atoms with E-state index in [0.717, 1.165) is 30.8 Å². The van der Waals surface area contributed by atoms with Crippen molar-refractivity contribution < 1.29 is 9.59 Å². The number of fused-ring (bicyclic) bond motifs is 3. The number of hydrogen-bond acceptors (Lipinski definition) is 5. The Morgan fingerprint density at radius 3 is 2.79 bits per heavy atom. The summed E-state index contributed by atoms with van der Waals surface area (Å²) in [6, 6.07) is 13.0. The predicted molar refractivity (Wildman–Crippen MR) is 124 cm³/mol. The van der Waals surface area contributed by atoms with E-state index in [9.17, 15) is 14.4 Å². The maximum Gasteiger partial charge on any atom is 0.322 e. The van der Waals surface area contributed by atoms with Crippen molar-refractivity contribution in [3.63, 3.8) is 0 Å². The van der Waals surface area contributed by atoms with Gasteiger partial charge < -0.3 is 15.5 Å². The number of nitrogens with one attached hydrogen (secondary N) is 2. The molecule has 2 aliphatic rings. The maximum atomic E-state index is 12.9. The number of amides is 3. The Morgan fingerprint density at radius 2 is 1.97 bits per heavy atom. The van der Waals surface area contributed by atoms with Crippen LogP contribution in [0.1, 0.15) is 22.3 Å². The molecule has 3 amide bonds. The van der Waals surface area contributed by atoms with Gasteiger partial charge in [0.1, 0.15) is 11.2 Å². The quantitative estimate of drug-likeness (QED) is 0.636. The number of para-hydroxylation sites is 1. The summed E-state index contributed by atoms with van der Waals surface area (Å²) in [7, 11) is 0. The molecular formula is C24H26N6O3. The van der Waals surface area contributed by atoms with Gasteiger partial charge in [-0.2, -0.15) is 0 Å². The van der Waals surface area contributed by atoms with E-state index in [2.05, 4.69) is 20.5 Å². The minimum absolute atomic E-state index is 0.00476. The molecule has 2 aliphatic heterocycles. The number of rotatable bonds is 4. The summed E-state index contributed by atoms with van der Waals surface area (Å²) in [6.45, 7) is 4.43. The largest absolute Gasteiger partial charge is 0.350 e. The first-order chi connectivity index (χ1) is 16.0. The topological polar surface area (TPSA) is 99.0 Å². The number of urea groups is 1. The Morgan fingerprint density at radius 1 is 1.15 bits per heavy atom. The van der Waals surface area contributed by atoms with Crippen LogP contribution >= 0.6 is 0 Å². The van der Waals surface area contributed by atoms with Gasteiger partial charge in [-0.05, 0) is 43.2 Å². The first kappa shape index (κ1) is 21.1. The monoisotopic (exact) mass is 446 g/mol. The Bertz CT molecular complexity index is 1260. The molecule has 2 aromatic heterocycles. The first-order valence-corrected chi connectivity index (χ1v) is 11.1. The van der Waals surface area contributed by atoms with Crippen molar-refractivity contribution in [2.75, 3.05) is 31.5 Å². The molecule has 9 nitrogen and oxygen atoms in total. The van der Waals surface area contributed by atoms with Gasteiger partial charge in [-0.3, -0.25) is 18.9 Å². The van der Waals surface area contributed by atoms with E-state index in [-0.39, 0.29) is 23.7 Å². The van der Waals surface area contributed by atoms with E-state index in [1.165, 1.54) is 10.6 Å². The highest BCUT2D eigenvalue weighted by atomic mass is 16.2. The number of benzene rings is 1. The Labute approximate surface area is 191 Å². The lowest BCUT2D eigenvalue weighted by Gasteiger charge is -2.40. The molecule has 0 aliphatic carbocycles. The molecule has 0 spiro atoms. The summed E-state index contributed by atoms with van der Waals surface area (Å²) >= 11 is 0. The number of aryl methyl sites for hydroxylation is 1. The number of anilines is 1. The zero-order valence-corrected chi connectivity index (χ0v) is 18.4. The zero-order chi connectivity index (χ0) is 22.9. The van der Waals surface area contributed by atoms with Crippen LogP contribution in [0.3, 0.4) is 0 Å². The molecule has 1 unspecified atom stereocenters. The fourth-order valence-corrected chi connectivity index (χ4v) is 4.64. The third-order valence-electron chi connectivity index (χ3n) is 6.45. The molecule has 1 aromatic carbocycles. The van der Waals surface area contributed by atoms with Gasteiger partial charge in [0.05, 0.1) is 0 Å². The minimum Gasteiger partial charge on any atom is -0.350 e. The van der Waals surface area contributed by atoms with Crippen LogP contribution in [0.25, 0.3) is 5.65 Å². The Balaban J connectivity index is 1.26. The third-order valence-corrected chi connectivity index (χ3v) is 6.45. The normalized spacial score (nSPS) is 21.7. The molecule has 5 rings (SSSR count). The zero-order valence-electron chi connectivity index (χ0n) is 18.4. The Hall–Kier alpha value is -3.72. The van der Waals surface area contributed by atoms with Crippen molar-refractivity contribution in [3.05, 3.63) is 76.3 Å². The molecule has 3 aromatic rings.